The SMILES string of the molecule is CCNC(=O)c1ccc(NCC(C(C)C)C(C)C)c(N)c1. The molecule has 4 heteroatoms. The number of nitrogens with two attached hydrogens (primary N) is 1. The van der Waals surface area contributed by atoms with Crippen LogP contribution < -0.4 is 16.4 Å². The Balaban J connectivity index is 2.75. The zero-order chi connectivity index (χ0) is 16.0. The van der Waals surface area contributed by atoms with E-state index in [1.165, 1.54) is 0 Å². The molecule has 0 fully saturated rings. The van der Waals surface area contributed by atoms with Crippen molar-refractivity contribution >= 4 is 17.3 Å². The van der Waals surface area contributed by atoms with Crippen molar-refractivity contribution < 1.29 is 4.79 Å². The number of carbonyl (C=O) groups is 1. The van der Waals surface area contributed by atoms with Gasteiger partial charge in [-0.15, -0.1) is 0 Å². The standard InChI is InChI=1S/C17H29N3O/c1-6-19-17(21)13-7-8-16(15(18)9-13)20-10-14(11(2)3)12(4)5/h7-9,11-12,14,20H,6,10,18H2,1-5H3,(H,19,21). The van der Waals surface area contributed by atoms with Crippen molar-refractivity contribution in [3.05, 3.63) is 23.8 Å². The Morgan fingerprint density at radius 3 is 2.29 bits per heavy atom. The highest BCUT2D eigenvalue weighted by atomic mass is 16.1. The van der Waals surface area contributed by atoms with Gasteiger partial charge in [-0.2, -0.15) is 0 Å². The smallest absolute Gasteiger partial charge is 0.251 e. The third-order valence-electron chi connectivity index (χ3n) is 3.89. The Labute approximate surface area is 128 Å². The van der Waals surface area contributed by atoms with Gasteiger partial charge in [0.05, 0.1) is 11.4 Å². The Morgan fingerprint density at radius 1 is 1.19 bits per heavy atom. The van der Waals surface area contributed by atoms with Gasteiger partial charge in [0.25, 0.3) is 5.91 Å². The van der Waals surface area contributed by atoms with E-state index in [-0.39, 0.29) is 5.91 Å². The molecule has 0 heterocycles. The zero-order valence-corrected chi connectivity index (χ0v) is 13.9. The van der Waals surface area contributed by atoms with Gasteiger partial charge in [-0.3, -0.25) is 4.79 Å². The Hall–Kier alpha value is -1.71. The fourth-order valence-electron chi connectivity index (χ4n) is 2.60. The summed E-state index contributed by atoms with van der Waals surface area (Å²) in [7, 11) is 0. The first kappa shape index (κ1) is 17.3. The molecular weight excluding hydrogens is 262 g/mol. The van der Waals surface area contributed by atoms with Crippen molar-refractivity contribution in [2.24, 2.45) is 17.8 Å². The van der Waals surface area contributed by atoms with Gasteiger partial charge in [0.2, 0.25) is 0 Å². The van der Waals surface area contributed by atoms with E-state index in [1.807, 2.05) is 19.1 Å². The second-order valence-corrected chi connectivity index (χ2v) is 6.19. The van der Waals surface area contributed by atoms with Crippen LogP contribution in [0.2, 0.25) is 0 Å². The van der Waals surface area contributed by atoms with Crippen molar-refractivity contribution in [3.8, 4) is 0 Å². The van der Waals surface area contributed by atoms with Crippen LogP contribution in [0.4, 0.5) is 11.4 Å². The van der Waals surface area contributed by atoms with Gasteiger partial charge in [-0.25, -0.2) is 0 Å². The van der Waals surface area contributed by atoms with Gasteiger partial charge < -0.3 is 16.4 Å². The topological polar surface area (TPSA) is 67.2 Å². The number of nitrogens with one attached hydrogen (secondary N) is 2. The minimum Gasteiger partial charge on any atom is -0.397 e. The van der Waals surface area contributed by atoms with Crippen molar-refractivity contribution in [2.45, 2.75) is 34.6 Å². The van der Waals surface area contributed by atoms with Crippen molar-refractivity contribution in [1.82, 2.24) is 5.32 Å². The first-order valence-corrected chi connectivity index (χ1v) is 7.78. The highest BCUT2D eigenvalue weighted by Gasteiger charge is 2.17. The number of nitrogen functional groups attached to an aromatic ring is 1. The molecule has 0 aliphatic rings. The fraction of sp³-hybridized carbons (Fsp3) is 0.588. The van der Waals surface area contributed by atoms with Crippen LogP contribution in [0.25, 0.3) is 0 Å². The van der Waals surface area contributed by atoms with E-state index >= 15 is 0 Å². The molecule has 1 aromatic rings. The normalized spacial score (nSPS) is 11.2. The fourth-order valence-corrected chi connectivity index (χ4v) is 2.60. The molecule has 118 valence electrons. The minimum absolute atomic E-state index is 0.0852. The first-order chi connectivity index (χ1) is 9.86. The molecule has 0 aromatic heterocycles. The third-order valence-corrected chi connectivity index (χ3v) is 3.89. The summed E-state index contributed by atoms with van der Waals surface area (Å²) in [6.45, 7) is 12.4. The van der Waals surface area contributed by atoms with Gasteiger partial charge in [-0.05, 0) is 42.9 Å². The molecule has 0 aliphatic heterocycles. The molecule has 0 atom stereocenters. The van der Waals surface area contributed by atoms with E-state index in [9.17, 15) is 4.79 Å². The highest BCUT2D eigenvalue weighted by Crippen LogP contribution is 2.24. The zero-order valence-electron chi connectivity index (χ0n) is 13.9. The molecule has 0 bridgehead atoms. The Kier molecular flexibility index (Phi) is 6.53. The van der Waals surface area contributed by atoms with E-state index in [0.29, 0.717) is 35.5 Å². The van der Waals surface area contributed by atoms with Crippen molar-refractivity contribution in [3.63, 3.8) is 0 Å². The summed E-state index contributed by atoms with van der Waals surface area (Å²) in [4.78, 5) is 11.8. The largest absolute Gasteiger partial charge is 0.397 e. The summed E-state index contributed by atoms with van der Waals surface area (Å²) in [6.07, 6.45) is 0. The molecule has 0 radical (unpaired) electrons. The van der Waals surface area contributed by atoms with Crippen molar-refractivity contribution in [1.29, 1.82) is 0 Å². The molecule has 1 aromatic carbocycles. The maximum Gasteiger partial charge on any atom is 0.251 e. The first-order valence-electron chi connectivity index (χ1n) is 7.78. The number of amides is 1. The number of rotatable bonds is 7. The van der Waals surface area contributed by atoms with Crippen molar-refractivity contribution in [2.75, 3.05) is 24.1 Å². The molecule has 0 saturated carbocycles. The van der Waals surface area contributed by atoms with Gasteiger partial charge in [0, 0.05) is 18.7 Å². The van der Waals surface area contributed by atoms with Crippen LogP contribution in [0, 0.1) is 17.8 Å². The lowest BCUT2D eigenvalue weighted by Crippen LogP contribution is -2.25. The lowest BCUT2D eigenvalue weighted by atomic mass is 9.85. The monoisotopic (exact) mass is 291 g/mol. The van der Waals surface area contributed by atoms with Crippen LogP contribution in [0.1, 0.15) is 45.0 Å². The number of anilines is 2. The third kappa shape index (κ3) is 4.96. The molecule has 0 saturated heterocycles. The number of benzene rings is 1. The summed E-state index contributed by atoms with van der Waals surface area (Å²) in [6, 6.07) is 5.42. The number of hydrogen-bond donors (Lipinski definition) is 3. The van der Waals surface area contributed by atoms with Gasteiger partial charge in [-0.1, -0.05) is 27.7 Å². The molecule has 4 N–H and O–H groups in total. The second kappa shape index (κ2) is 7.91. The van der Waals surface area contributed by atoms with Gasteiger partial charge in [0.1, 0.15) is 0 Å². The quantitative estimate of drug-likeness (QED) is 0.675. The molecular formula is C17H29N3O. The van der Waals surface area contributed by atoms with Gasteiger partial charge in [0.15, 0.2) is 0 Å². The summed E-state index contributed by atoms with van der Waals surface area (Å²) < 4.78 is 0. The summed E-state index contributed by atoms with van der Waals surface area (Å²) in [5.41, 5.74) is 8.17. The Morgan fingerprint density at radius 2 is 1.81 bits per heavy atom. The van der Waals surface area contributed by atoms with E-state index in [4.69, 9.17) is 5.73 Å². The lowest BCUT2D eigenvalue weighted by Gasteiger charge is -2.26. The molecule has 4 nitrogen and oxygen atoms in total. The van der Waals surface area contributed by atoms with E-state index in [1.54, 1.807) is 6.07 Å². The van der Waals surface area contributed by atoms with Crippen LogP contribution in [0.15, 0.2) is 18.2 Å². The maximum absolute atomic E-state index is 11.8. The summed E-state index contributed by atoms with van der Waals surface area (Å²) in [5, 5.41) is 6.19. The molecule has 0 unspecified atom stereocenters. The van der Waals surface area contributed by atoms with E-state index in [2.05, 4.69) is 38.3 Å². The molecule has 0 spiro atoms. The van der Waals surface area contributed by atoms with E-state index < -0.39 is 0 Å². The molecule has 0 aliphatic carbocycles. The van der Waals surface area contributed by atoms with Crippen LogP contribution in [0.5, 0.6) is 0 Å². The van der Waals surface area contributed by atoms with E-state index in [0.717, 1.165) is 12.2 Å². The molecule has 21 heavy (non-hydrogen) atoms. The van der Waals surface area contributed by atoms with Crippen LogP contribution in [0.3, 0.4) is 0 Å². The van der Waals surface area contributed by atoms with Crippen LogP contribution >= 0.6 is 0 Å². The predicted octanol–water partition coefficient (Wildman–Crippen LogP) is 3.36. The summed E-state index contributed by atoms with van der Waals surface area (Å²) >= 11 is 0. The average Bonchev–Trinajstić information content (AvgIpc) is 2.40. The van der Waals surface area contributed by atoms with Gasteiger partial charge >= 0.3 is 0 Å². The predicted molar refractivity (Wildman–Crippen MR) is 90.5 cm³/mol. The van der Waals surface area contributed by atoms with Crippen LogP contribution in [-0.2, 0) is 0 Å². The number of carbonyl (C=O) groups excluding carboxylic acids is 1. The highest BCUT2D eigenvalue weighted by molar-refractivity contribution is 5.96. The molecule has 1 amide bonds. The minimum atomic E-state index is -0.0852. The summed E-state index contributed by atoms with van der Waals surface area (Å²) in [5.74, 6) is 1.74. The number of hydrogen-bond acceptors (Lipinski definition) is 3. The average molecular weight is 291 g/mol. The Bertz CT molecular complexity index is 461. The maximum atomic E-state index is 11.8. The second-order valence-electron chi connectivity index (χ2n) is 6.19. The van der Waals surface area contributed by atoms with Crippen LogP contribution in [-0.4, -0.2) is 19.0 Å². The molecule has 1 rings (SSSR count). The lowest BCUT2D eigenvalue weighted by molar-refractivity contribution is 0.0956.